The summed E-state index contributed by atoms with van der Waals surface area (Å²) in [6, 6.07) is 11.8. The number of rotatable bonds is 3. The number of ketones is 1. The predicted octanol–water partition coefficient (Wildman–Crippen LogP) is 5.25. The number of benzene rings is 2. The lowest BCUT2D eigenvalue weighted by molar-refractivity contribution is 0.0992. The third kappa shape index (κ3) is 3.34. The first-order chi connectivity index (χ1) is 8.99. The molecule has 0 unspecified atom stereocenters. The van der Waals surface area contributed by atoms with Gasteiger partial charge in [-0.05, 0) is 48.7 Å². The zero-order valence-corrected chi connectivity index (χ0v) is 14.0. The topological polar surface area (TPSA) is 17.1 Å². The van der Waals surface area contributed by atoms with Gasteiger partial charge in [0.1, 0.15) is 0 Å². The van der Waals surface area contributed by atoms with Crippen molar-refractivity contribution in [1.29, 1.82) is 0 Å². The fraction of sp³-hybridized carbons (Fsp3) is 0.188. The number of carbonyl (C=O) groups is 1. The van der Waals surface area contributed by atoms with Crippen LogP contribution >= 0.6 is 31.9 Å². The van der Waals surface area contributed by atoms with Gasteiger partial charge in [-0.15, -0.1) is 0 Å². The van der Waals surface area contributed by atoms with E-state index in [1.165, 1.54) is 11.1 Å². The largest absolute Gasteiger partial charge is 0.294 e. The van der Waals surface area contributed by atoms with Crippen molar-refractivity contribution >= 4 is 37.6 Å². The minimum Gasteiger partial charge on any atom is -0.294 e. The first kappa shape index (κ1) is 14.5. The average molecular weight is 382 g/mol. The van der Waals surface area contributed by atoms with Crippen molar-refractivity contribution in [2.24, 2.45) is 0 Å². The molecule has 98 valence electrons. The lowest BCUT2D eigenvalue weighted by atomic mass is 9.96. The molecule has 0 fully saturated rings. The molecular formula is C16H14Br2O. The average Bonchev–Trinajstić information content (AvgIpc) is 2.37. The van der Waals surface area contributed by atoms with Crippen molar-refractivity contribution in [3.8, 4) is 0 Å². The maximum Gasteiger partial charge on any atom is 0.168 e. The smallest absolute Gasteiger partial charge is 0.168 e. The monoisotopic (exact) mass is 380 g/mol. The van der Waals surface area contributed by atoms with E-state index >= 15 is 0 Å². The van der Waals surface area contributed by atoms with E-state index in [2.05, 4.69) is 31.9 Å². The molecule has 0 aliphatic heterocycles. The number of hydrogen-bond acceptors (Lipinski definition) is 1. The number of halogens is 2. The quantitative estimate of drug-likeness (QED) is 0.663. The molecule has 0 saturated carbocycles. The molecule has 3 heteroatoms. The second-order valence-corrected chi connectivity index (χ2v) is 6.36. The summed E-state index contributed by atoms with van der Waals surface area (Å²) in [5.74, 6) is 0.130. The summed E-state index contributed by atoms with van der Waals surface area (Å²) < 4.78 is 1.76. The molecule has 2 rings (SSSR count). The Bertz CT molecular complexity index is 612. The summed E-state index contributed by atoms with van der Waals surface area (Å²) >= 11 is 6.85. The van der Waals surface area contributed by atoms with Crippen LogP contribution in [0.3, 0.4) is 0 Å². The van der Waals surface area contributed by atoms with Gasteiger partial charge in [-0.2, -0.15) is 0 Å². The Morgan fingerprint density at radius 3 is 2.32 bits per heavy atom. The standard InChI is InChI=1S/C16H14Br2O/c1-10-4-3-5-11(2)13(10)9-16(19)14-8-12(17)6-7-15(14)18/h3-8H,9H2,1-2H3. The first-order valence-corrected chi connectivity index (χ1v) is 7.61. The molecule has 0 aliphatic rings. The lowest BCUT2D eigenvalue weighted by Crippen LogP contribution is -2.07. The van der Waals surface area contributed by atoms with Gasteiger partial charge in [-0.1, -0.05) is 50.1 Å². The molecule has 2 aromatic carbocycles. The summed E-state index contributed by atoms with van der Waals surface area (Å²) in [7, 11) is 0. The molecule has 0 aromatic heterocycles. The van der Waals surface area contributed by atoms with E-state index in [9.17, 15) is 4.79 Å². The minimum absolute atomic E-state index is 0.130. The van der Waals surface area contributed by atoms with E-state index in [0.29, 0.717) is 6.42 Å². The molecule has 0 saturated heterocycles. The molecule has 0 heterocycles. The maximum atomic E-state index is 12.4. The van der Waals surface area contributed by atoms with E-state index in [1.54, 1.807) is 0 Å². The third-order valence-electron chi connectivity index (χ3n) is 3.21. The molecule has 0 aliphatic carbocycles. The van der Waals surface area contributed by atoms with Gasteiger partial charge in [-0.3, -0.25) is 4.79 Å². The first-order valence-electron chi connectivity index (χ1n) is 6.02. The van der Waals surface area contributed by atoms with Gasteiger partial charge in [-0.25, -0.2) is 0 Å². The van der Waals surface area contributed by atoms with Crippen LogP contribution in [0.1, 0.15) is 27.0 Å². The van der Waals surface area contributed by atoms with Gasteiger partial charge >= 0.3 is 0 Å². The molecule has 0 radical (unpaired) electrons. The van der Waals surface area contributed by atoms with Crippen molar-refractivity contribution < 1.29 is 4.79 Å². The van der Waals surface area contributed by atoms with Crippen LogP contribution in [-0.2, 0) is 6.42 Å². The van der Waals surface area contributed by atoms with Crippen LogP contribution in [-0.4, -0.2) is 5.78 Å². The Labute approximate surface area is 130 Å². The van der Waals surface area contributed by atoms with E-state index in [-0.39, 0.29) is 5.78 Å². The van der Waals surface area contributed by atoms with E-state index in [1.807, 2.05) is 50.2 Å². The van der Waals surface area contributed by atoms with Crippen molar-refractivity contribution in [3.05, 3.63) is 67.6 Å². The molecular weight excluding hydrogens is 368 g/mol. The van der Waals surface area contributed by atoms with Gasteiger partial charge in [0.05, 0.1) is 0 Å². The van der Waals surface area contributed by atoms with Gasteiger partial charge < -0.3 is 0 Å². The predicted molar refractivity (Wildman–Crippen MR) is 85.8 cm³/mol. The van der Waals surface area contributed by atoms with Crippen LogP contribution in [0.2, 0.25) is 0 Å². The van der Waals surface area contributed by atoms with Crippen molar-refractivity contribution in [1.82, 2.24) is 0 Å². The van der Waals surface area contributed by atoms with Gasteiger partial charge in [0.2, 0.25) is 0 Å². The van der Waals surface area contributed by atoms with Crippen molar-refractivity contribution in [2.75, 3.05) is 0 Å². The molecule has 0 N–H and O–H groups in total. The number of hydrogen-bond donors (Lipinski definition) is 0. The number of carbonyl (C=O) groups excluding carboxylic acids is 1. The van der Waals surface area contributed by atoms with Crippen LogP contribution in [0.4, 0.5) is 0 Å². The van der Waals surface area contributed by atoms with Crippen LogP contribution in [0, 0.1) is 13.8 Å². The van der Waals surface area contributed by atoms with E-state index in [4.69, 9.17) is 0 Å². The fourth-order valence-corrected chi connectivity index (χ4v) is 2.92. The Hall–Kier alpha value is -0.930. The highest BCUT2D eigenvalue weighted by molar-refractivity contribution is 9.11. The second kappa shape index (κ2) is 6.02. The molecule has 1 nitrogen and oxygen atoms in total. The number of Topliss-reactive ketones (excluding diaryl/α,β-unsaturated/α-hetero) is 1. The summed E-state index contributed by atoms with van der Waals surface area (Å²) in [6.07, 6.45) is 0.438. The summed E-state index contributed by atoms with van der Waals surface area (Å²) in [5, 5.41) is 0. The van der Waals surface area contributed by atoms with Crippen LogP contribution in [0.5, 0.6) is 0 Å². The van der Waals surface area contributed by atoms with Crippen molar-refractivity contribution in [3.63, 3.8) is 0 Å². The molecule has 19 heavy (non-hydrogen) atoms. The minimum atomic E-state index is 0.130. The zero-order valence-electron chi connectivity index (χ0n) is 10.8. The summed E-state index contributed by atoms with van der Waals surface area (Å²) in [4.78, 5) is 12.4. The highest BCUT2D eigenvalue weighted by Crippen LogP contribution is 2.24. The zero-order chi connectivity index (χ0) is 14.0. The summed E-state index contributed by atoms with van der Waals surface area (Å²) in [6.45, 7) is 4.09. The van der Waals surface area contributed by atoms with Crippen molar-refractivity contribution in [2.45, 2.75) is 20.3 Å². The second-order valence-electron chi connectivity index (χ2n) is 4.59. The lowest BCUT2D eigenvalue weighted by Gasteiger charge is -2.10. The molecule has 0 spiro atoms. The van der Waals surface area contributed by atoms with E-state index in [0.717, 1.165) is 20.1 Å². The highest BCUT2D eigenvalue weighted by Gasteiger charge is 2.13. The fourth-order valence-electron chi connectivity index (χ4n) is 2.09. The maximum absolute atomic E-state index is 12.4. The Morgan fingerprint density at radius 2 is 1.68 bits per heavy atom. The van der Waals surface area contributed by atoms with Gasteiger partial charge in [0.15, 0.2) is 5.78 Å². The van der Waals surface area contributed by atoms with Gasteiger partial charge in [0.25, 0.3) is 0 Å². The highest BCUT2D eigenvalue weighted by atomic mass is 79.9. The summed E-state index contributed by atoms with van der Waals surface area (Å²) in [5.41, 5.74) is 4.18. The SMILES string of the molecule is Cc1cccc(C)c1CC(=O)c1cc(Br)ccc1Br. The molecule has 0 bridgehead atoms. The molecule has 0 atom stereocenters. The molecule has 0 amide bonds. The Balaban J connectivity index is 2.34. The van der Waals surface area contributed by atoms with Gasteiger partial charge in [0, 0.05) is 20.9 Å². The Kier molecular flexibility index (Phi) is 4.58. The Morgan fingerprint density at radius 1 is 1.05 bits per heavy atom. The molecule has 2 aromatic rings. The van der Waals surface area contributed by atoms with Crippen LogP contribution in [0.25, 0.3) is 0 Å². The van der Waals surface area contributed by atoms with Crippen LogP contribution < -0.4 is 0 Å². The van der Waals surface area contributed by atoms with E-state index < -0.39 is 0 Å². The number of aryl methyl sites for hydroxylation is 2. The third-order valence-corrected chi connectivity index (χ3v) is 4.40. The van der Waals surface area contributed by atoms with Crippen LogP contribution in [0.15, 0.2) is 45.3 Å². The normalized spacial score (nSPS) is 10.5.